The third-order valence-electron chi connectivity index (χ3n) is 7.93. The monoisotopic (exact) mass is 854 g/mol. The van der Waals surface area contributed by atoms with E-state index in [1.807, 2.05) is 6.92 Å². The summed E-state index contributed by atoms with van der Waals surface area (Å²) in [7, 11) is 0. The van der Waals surface area contributed by atoms with Crippen molar-refractivity contribution >= 4 is 52.0 Å². The summed E-state index contributed by atoms with van der Waals surface area (Å²) < 4.78 is 28.0. The highest BCUT2D eigenvalue weighted by Gasteiger charge is 2.43. The molecule has 0 saturated carbocycles. The van der Waals surface area contributed by atoms with Gasteiger partial charge in [0.1, 0.15) is 35.2 Å². The highest BCUT2D eigenvalue weighted by atomic mass is 32.1. The molecule has 1 aliphatic rings. The number of hydrogen-bond acceptors (Lipinski definition) is 17. The fraction of sp³-hybridized carbons (Fsp3) is 0.550. The van der Waals surface area contributed by atoms with Crippen LogP contribution < -0.4 is 25.4 Å². The number of pyridine rings is 1. The molecule has 2 atom stereocenters. The third-order valence-corrected chi connectivity index (χ3v) is 8.69. The van der Waals surface area contributed by atoms with Gasteiger partial charge in [-0.1, -0.05) is 31.8 Å². The van der Waals surface area contributed by atoms with E-state index >= 15 is 0 Å². The SMILES string of the molecule is CCCCOc1ccc(-c2nccc(C(=O)OC[C@H]3NC(=O)[C@H]3NC(=O)/C(=N\OC(C)(C)C(=O)OC(C)(C)C)c3csc(NC(=O)OC(C)(C)C)n3)n2)nc1OCCCC. The van der Waals surface area contributed by atoms with Crippen molar-refractivity contribution in [3.05, 3.63) is 41.2 Å². The fourth-order valence-electron chi connectivity index (χ4n) is 4.83. The van der Waals surface area contributed by atoms with E-state index in [9.17, 15) is 24.0 Å². The van der Waals surface area contributed by atoms with Crippen LogP contribution in [0, 0.1) is 0 Å². The predicted octanol–water partition coefficient (Wildman–Crippen LogP) is 5.38. The van der Waals surface area contributed by atoms with E-state index < -0.39 is 64.4 Å². The number of rotatable bonds is 19. The number of amides is 3. The average molecular weight is 855 g/mol. The largest absolute Gasteiger partial charge is 0.488 e. The van der Waals surface area contributed by atoms with Gasteiger partial charge in [-0.25, -0.2) is 34.3 Å². The van der Waals surface area contributed by atoms with Crippen LogP contribution in [0.3, 0.4) is 0 Å². The van der Waals surface area contributed by atoms with Gasteiger partial charge in [0.25, 0.3) is 11.8 Å². The quantitative estimate of drug-likeness (QED) is 0.0342. The summed E-state index contributed by atoms with van der Waals surface area (Å²) in [6.07, 6.45) is 4.19. The molecule has 60 heavy (non-hydrogen) atoms. The van der Waals surface area contributed by atoms with Gasteiger partial charge in [-0.15, -0.1) is 11.3 Å². The highest BCUT2D eigenvalue weighted by Crippen LogP contribution is 2.29. The minimum absolute atomic E-state index is 0.0568. The molecular weight excluding hydrogens is 801 g/mol. The van der Waals surface area contributed by atoms with Gasteiger partial charge in [-0.3, -0.25) is 14.9 Å². The molecule has 3 N–H and O–H groups in total. The number of unbranched alkanes of at least 4 members (excludes halogenated alkanes) is 2. The smallest absolute Gasteiger partial charge is 0.413 e. The molecule has 0 unspecified atom stereocenters. The summed E-state index contributed by atoms with van der Waals surface area (Å²) >= 11 is 0.960. The standard InChI is InChI=1S/C40H54N8O11S/c1-11-13-19-54-27-16-15-23(44-33(27)55-20-14-12-2)30-41-18-17-24(42-30)34(51)56-21-25-28(31(49)43-25)46-32(50)29(48-59-40(9,10)35(52)57-38(3,4)5)26-22-60-36(45-26)47-37(53)58-39(6,7)8/h15-18,22,25,28H,11-14,19-21H2,1-10H3,(H,43,49)(H,46,50)(H,45,47,53)/b48-29-/t25-,28+/m1/s1. The molecular formula is C40H54N8O11S. The van der Waals surface area contributed by atoms with E-state index in [1.165, 1.54) is 31.5 Å². The van der Waals surface area contributed by atoms with Crippen LogP contribution in [0.5, 0.6) is 11.6 Å². The van der Waals surface area contributed by atoms with Gasteiger partial charge in [0.15, 0.2) is 28.1 Å². The fourth-order valence-corrected chi connectivity index (χ4v) is 5.51. The van der Waals surface area contributed by atoms with Crippen LogP contribution in [-0.4, -0.2) is 104 Å². The number of esters is 2. The number of oxime groups is 1. The minimum atomic E-state index is -1.66. The Labute approximate surface area is 352 Å². The van der Waals surface area contributed by atoms with Crippen molar-refractivity contribution in [3.63, 3.8) is 0 Å². The zero-order chi connectivity index (χ0) is 44.3. The number of carbonyl (C=O) groups is 5. The number of nitrogens with zero attached hydrogens (tertiary/aromatic N) is 5. The van der Waals surface area contributed by atoms with E-state index in [2.05, 4.69) is 48.0 Å². The molecule has 0 aromatic carbocycles. The Morgan fingerprint density at radius 3 is 2.20 bits per heavy atom. The van der Waals surface area contributed by atoms with E-state index in [4.69, 9.17) is 28.5 Å². The molecule has 3 amide bonds. The Kier molecular flexibility index (Phi) is 15.9. The molecule has 3 aromatic heterocycles. The zero-order valence-corrected chi connectivity index (χ0v) is 36.4. The maximum absolute atomic E-state index is 13.8. The average Bonchev–Trinajstić information content (AvgIpc) is 3.62. The molecule has 19 nitrogen and oxygen atoms in total. The molecule has 20 heteroatoms. The van der Waals surface area contributed by atoms with E-state index in [0.29, 0.717) is 30.5 Å². The predicted molar refractivity (Wildman–Crippen MR) is 220 cm³/mol. The van der Waals surface area contributed by atoms with Crippen molar-refractivity contribution in [2.24, 2.45) is 5.16 Å². The highest BCUT2D eigenvalue weighted by molar-refractivity contribution is 7.14. The van der Waals surface area contributed by atoms with Gasteiger partial charge in [-0.05, 0) is 86.4 Å². The normalized spacial score (nSPS) is 15.5. The second-order valence-corrected chi connectivity index (χ2v) is 16.9. The van der Waals surface area contributed by atoms with Crippen LogP contribution >= 0.6 is 11.3 Å². The first-order chi connectivity index (χ1) is 28.2. The number of hydrogen-bond donors (Lipinski definition) is 3. The molecule has 1 fully saturated rings. The lowest BCUT2D eigenvalue weighted by Crippen LogP contribution is -2.71. The first-order valence-corrected chi connectivity index (χ1v) is 20.4. The van der Waals surface area contributed by atoms with Crippen LogP contribution in [0.25, 0.3) is 11.5 Å². The summed E-state index contributed by atoms with van der Waals surface area (Å²) in [5.41, 5.74) is -3.52. The molecule has 0 aliphatic carbocycles. The second kappa shape index (κ2) is 20.4. The topological polar surface area (TPSA) is 241 Å². The number of nitrogens with one attached hydrogen (secondary N) is 3. The summed E-state index contributed by atoms with van der Waals surface area (Å²) in [5, 5.41) is 13.1. The van der Waals surface area contributed by atoms with Gasteiger partial charge in [0.05, 0.1) is 19.3 Å². The molecule has 0 bridgehead atoms. The van der Waals surface area contributed by atoms with Crippen LogP contribution in [0.15, 0.2) is 34.9 Å². The maximum Gasteiger partial charge on any atom is 0.413 e. The van der Waals surface area contributed by atoms with Crippen LogP contribution in [0.2, 0.25) is 0 Å². The minimum Gasteiger partial charge on any atom is -0.488 e. The molecule has 1 aliphatic heterocycles. The van der Waals surface area contributed by atoms with Crippen molar-refractivity contribution in [1.29, 1.82) is 0 Å². The van der Waals surface area contributed by atoms with Gasteiger partial charge < -0.3 is 39.2 Å². The maximum atomic E-state index is 13.8. The van der Waals surface area contributed by atoms with Crippen LogP contribution in [-0.2, 0) is 33.4 Å². The lowest BCUT2D eigenvalue weighted by atomic mass is 9.99. The zero-order valence-electron chi connectivity index (χ0n) is 35.6. The molecule has 0 spiro atoms. The molecule has 3 aromatic rings. The Balaban J connectivity index is 1.48. The lowest BCUT2D eigenvalue weighted by Gasteiger charge is -2.36. The van der Waals surface area contributed by atoms with Crippen LogP contribution in [0.1, 0.15) is 111 Å². The van der Waals surface area contributed by atoms with Gasteiger partial charge in [0, 0.05) is 11.6 Å². The number of β-lactam (4-membered cyclic amide) rings is 1. The summed E-state index contributed by atoms with van der Waals surface area (Å²) in [6, 6.07) is 2.73. The van der Waals surface area contributed by atoms with Crippen molar-refractivity contribution < 1.29 is 52.5 Å². The van der Waals surface area contributed by atoms with E-state index in [0.717, 1.165) is 37.0 Å². The van der Waals surface area contributed by atoms with Crippen molar-refractivity contribution in [1.82, 2.24) is 30.6 Å². The van der Waals surface area contributed by atoms with Crippen molar-refractivity contribution in [2.75, 3.05) is 25.1 Å². The molecule has 326 valence electrons. The van der Waals surface area contributed by atoms with E-state index in [-0.39, 0.29) is 29.0 Å². The molecule has 1 saturated heterocycles. The van der Waals surface area contributed by atoms with Gasteiger partial charge in [0.2, 0.25) is 11.5 Å². The molecule has 0 radical (unpaired) electrons. The number of thiazole rings is 1. The molecule has 4 rings (SSSR count). The lowest BCUT2D eigenvalue weighted by molar-refractivity contribution is -0.179. The van der Waals surface area contributed by atoms with Crippen LogP contribution in [0.4, 0.5) is 9.93 Å². The first kappa shape index (κ1) is 46.8. The summed E-state index contributed by atoms with van der Waals surface area (Å²) in [6.45, 7) is 17.6. The Hall–Kier alpha value is -5.92. The molecule has 4 heterocycles. The van der Waals surface area contributed by atoms with Gasteiger partial charge >= 0.3 is 18.0 Å². The first-order valence-electron chi connectivity index (χ1n) is 19.5. The number of carbonyl (C=O) groups excluding carboxylic acids is 5. The summed E-state index contributed by atoms with van der Waals surface area (Å²) in [5.74, 6) is -2.15. The van der Waals surface area contributed by atoms with Crippen molar-refractivity contribution in [2.45, 2.75) is 124 Å². The Morgan fingerprint density at radius 2 is 1.55 bits per heavy atom. The van der Waals surface area contributed by atoms with Crippen molar-refractivity contribution in [3.8, 4) is 23.1 Å². The number of aromatic nitrogens is 4. The van der Waals surface area contributed by atoms with Gasteiger partial charge in [-0.2, -0.15) is 0 Å². The Morgan fingerprint density at radius 1 is 0.867 bits per heavy atom. The number of anilines is 1. The summed E-state index contributed by atoms with van der Waals surface area (Å²) in [4.78, 5) is 88.0. The number of ether oxygens (including phenoxy) is 5. The second-order valence-electron chi connectivity index (χ2n) is 16.0. The Bertz CT molecular complexity index is 2040. The van der Waals surface area contributed by atoms with E-state index in [1.54, 1.807) is 53.7 Å². The third kappa shape index (κ3) is 13.8.